The summed E-state index contributed by atoms with van der Waals surface area (Å²) in [5.41, 5.74) is 7.67. The number of para-hydroxylation sites is 2. The molecule has 2 aromatic heterocycles. The second-order valence-electron chi connectivity index (χ2n) is 12.1. The maximum atomic E-state index is 6.53. The van der Waals surface area contributed by atoms with E-state index < -0.39 is 0 Å². The molecular weight excluding hydrogens is 591 g/mol. The molecule has 10 rings (SSSR count). The van der Waals surface area contributed by atoms with Crippen LogP contribution in [0, 0.1) is 0 Å². The number of anilines is 3. The number of benzene rings is 8. The van der Waals surface area contributed by atoms with E-state index in [1.165, 1.54) is 58.2 Å². The number of fused-ring (bicyclic) bond motifs is 10. The summed E-state index contributed by atoms with van der Waals surface area (Å²) in [6.45, 7) is 0. The van der Waals surface area contributed by atoms with Gasteiger partial charge >= 0.3 is 0 Å². The Kier molecular flexibility index (Phi) is 5.78. The van der Waals surface area contributed by atoms with Gasteiger partial charge in [-0.05, 0) is 93.3 Å². The first-order valence-corrected chi connectivity index (χ1v) is 16.7. The van der Waals surface area contributed by atoms with E-state index in [4.69, 9.17) is 4.42 Å². The van der Waals surface area contributed by atoms with Gasteiger partial charge in [-0.2, -0.15) is 0 Å². The van der Waals surface area contributed by atoms with Gasteiger partial charge in [0.25, 0.3) is 0 Å². The van der Waals surface area contributed by atoms with Gasteiger partial charge in [-0.1, -0.05) is 103 Å². The summed E-state index contributed by atoms with van der Waals surface area (Å²) < 4.78 is 9.04. The van der Waals surface area contributed by atoms with Crippen LogP contribution in [0.15, 0.2) is 168 Å². The lowest BCUT2D eigenvalue weighted by Crippen LogP contribution is -2.09. The summed E-state index contributed by atoms with van der Waals surface area (Å²) in [4.78, 5) is 2.35. The lowest BCUT2D eigenvalue weighted by molar-refractivity contribution is 0.673. The summed E-state index contributed by atoms with van der Waals surface area (Å²) in [7, 11) is 0. The minimum Gasteiger partial charge on any atom is -0.455 e. The molecule has 0 N–H and O–H groups in total. The summed E-state index contributed by atoms with van der Waals surface area (Å²) in [6, 6.07) is 59.0. The molecule has 3 heteroatoms. The van der Waals surface area contributed by atoms with Gasteiger partial charge in [0, 0.05) is 48.0 Å². The minimum absolute atomic E-state index is 0.930. The van der Waals surface area contributed by atoms with Crippen LogP contribution in [-0.4, -0.2) is 0 Å². The second-order valence-corrected chi connectivity index (χ2v) is 13.2. The van der Waals surface area contributed by atoms with Gasteiger partial charge < -0.3 is 9.32 Å². The van der Waals surface area contributed by atoms with Crippen LogP contribution >= 0.6 is 11.3 Å². The highest BCUT2D eigenvalue weighted by molar-refractivity contribution is 7.26. The first-order chi connectivity index (χ1) is 23.3. The zero-order valence-electron chi connectivity index (χ0n) is 25.4. The van der Waals surface area contributed by atoms with Crippen molar-refractivity contribution in [3.05, 3.63) is 164 Å². The van der Waals surface area contributed by atoms with Crippen molar-refractivity contribution in [2.24, 2.45) is 0 Å². The Morgan fingerprint density at radius 1 is 0.426 bits per heavy atom. The molecule has 220 valence electrons. The minimum atomic E-state index is 0.930. The predicted octanol–water partition coefficient (Wildman–Crippen LogP) is 13.4. The van der Waals surface area contributed by atoms with Gasteiger partial charge in [0.05, 0.1) is 0 Å². The maximum absolute atomic E-state index is 6.53. The first-order valence-electron chi connectivity index (χ1n) is 15.9. The van der Waals surface area contributed by atoms with Crippen molar-refractivity contribution in [3.63, 3.8) is 0 Å². The normalized spacial score (nSPS) is 11.8. The highest BCUT2D eigenvalue weighted by Crippen LogP contribution is 2.46. The molecule has 0 bridgehead atoms. The zero-order valence-corrected chi connectivity index (χ0v) is 26.2. The number of nitrogens with zero attached hydrogens (tertiary/aromatic N) is 1. The zero-order chi connectivity index (χ0) is 30.9. The van der Waals surface area contributed by atoms with Crippen molar-refractivity contribution in [1.29, 1.82) is 0 Å². The van der Waals surface area contributed by atoms with E-state index in [2.05, 4.69) is 163 Å². The SMILES string of the molecule is c1ccc(N(c2ccc(-c3cccc4sc5ccc6c7ccccc7oc6c5c34)cc2)c2ccc3ccc4ccccc4c3c2)cc1. The summed E-state index contributed by atoms with van der Waals surface area (Å²) in [5.74, 6) is 0. The van der Waals surface area contributed by atoms with Crippen LogP contribution in [0.5, 0.6) is 0 Å². The molecule has 0 saturated heterocycles. The Bertz CT molecular complexity index is 2790. The van der Waals surface area contributed by atoms with Crippen molar-refractivity contribution in [3.8, 4) is 11.1 Å². The monoisotopic (exact) mass is 617 g/mol. The molecule has 47 heavy (non-hydrogen) atoms. The van der Waals surface area contributed by atoms with Crippen LogP contribution in [0.3, 0.4) is 0 Å². The third-order valence-corrected chi connectivity index (χ3v) is 10.6. The molecule has 2 heterocycles. The van der Waals surface area contributed by atoms with E-state index in [9.17, 15) is 0 Å². The highest BCUT2D eigenvalue weighted by atomic mass is 32.1. The first kappa shape index (κ1) is 26.3. The maximum Gasteiger partial charge on any atom is 0.144 e. The standard InChI is InChI=1S/C44H27NOS/c1-2-10-31(11-3-1)45(33-24-21-30-18-17-28-9-4-5-12-34(28)38(30)27-33)32-22-19-29(20-23-32)35-14-8-16-40-42(35)43-41(47-40)26-25-37-36-13-6-7-15-39(36)46-44(37)43/h1-27H. The average molecular weight is 618 g/mol. The quantitative estimate of drug-likeness (QED) is 0.183. The van der Waals surface area contributed by atoms with Gasteiger partial charge in [-0.15, -0.1) is 11.3 Å². The van der Waals surface area contributed by atoms with E-state index in [1.807, 2.05) is 17.4 Å². The van der Waals surface area contributed by atoms with Gasteiger partial charge in [0.1, 0.15) is 11.2 Å². The van der Waals surface area contributed by atoms with Crippen molar-refractivity contribution in [2.75, 3.05) is 4.90 Å². The Balaban J connectivity index is 1.14. The van der Waals surface area contributed by atoms with Gasteiger partial charge in [-0.3, -0.25) is 0 Å². The average Bonchev–Trinajstić information content (AvgIpc) is 3.71. The van der Waals surface area contributed by atoms with E-state index in [1.54, 1.807) is 0 Å². The molecular formula is C44H27NOS. The molecule has 0 fully saturated rings. The molecule has 0 amide bonds. The van der Waals surface area contributed by atoms with Crippen molar-refractivity contribution >= 4 is 92.1 Å². The van der Waals surface area contributed by atoms with Gasteiger partial charge in [0.2, 0.25) is 0 Å². The Hall–Kier alpha value is -5.90. The Morgan fingerprint density at radius 3 is 1.98 bits per heavy atom. The molecule has 0 aliphatic carbocycles. The fraction of sp³-hybridized carbons (Fsp3) is 0. The van der Waals surface area contributed by atoms with Crippen LogP contribution in [0.25, 0.3) is 74.8 Å². The number of thiophene rings is 1. The third-order valence-electron chi connectivity index (χ3n) is 9.44. The topological polar surface area (TPSA) is 16.4 Å². The molecule has 0 spiro atoms. The largest absolute Gasteiger partial charge is 0.455 e. The molecule has 8 aromatic carbocycles. The Morgan fingerprint density at radius 2 is 1.11 bits per heavy atom. The number of furan rings is 1. The van der Waals surface area contributed by atoms with Crippen molar-refractivity contribution in [2.45, 2.75) is 0 Å². The van der Waals surface area contributed by atoms with E-state index >= 15 is 0 Å². The Labute approximate surface area is 275 Å². The smallest absolute Gasteiger partial charge is 0.144 e. The van der Waals surface area contributed by atoms with Crippen LogP contribution < -0.4 is 4.90 Å². The van der Waals surface area contributed by atoms with Gasteiger partial charge in [-0.25, -0.2) is 0 Å². The van der Waals surface area contributed by atoms with Crippen molar-refractivity contribution in [1.82, 2.24) is 0 Å². The summed E-state index contributed by atoms with van der Waals surface area (Å²) >= 11 is 1.83. The van der Waals surface area contributed by atoms with Crippen molar-refractivity contribution < 1.29 is 4.42 Å². The molecule has 0 atom stereocenters. The third kappa shape index (κ3) is 4.10. The van der Waals surface area contributed by atoms with Crippen LogP contribution in [0.1, 0.15) is 0 Å². The summed E-state index contributed by atoms with van der Waals surface area (Å²) in [6.07, 6.45) is 0. The lowest BCUT2D eigenvalue weighted by Gasteiger charge is -2.26. The fourth-order valence-electron chi connectivity index (χ4n) is 7.27. The van der Waals surface area contributed by atoms with E-state index in [0.717, 1.165) is 33.6 Å². The van der Waals surface area contributed by atoms with Crippen LogP contribution in [0.4, 0.5) is 17.1 Å². The number of rotatable bonds is 4. The highest BCUT2D eigenvalue weighted by Gasteiger charge is 2.19. The molecule has 0 unspecified atom stereocenters. The molecule has 0 aliphatic heterocycles. The summed E-state index contributed by atoms with van der Waals surface area (Å²) in [5, 5.41) is 9.80. The van der Waals surface area contributed by atoms with E-state index in [0.29, 0.717) is 0 Å². The number of hydrogen-bond acceptors (Lipinski definition) is 3. The fourth-order valence-corrected chi connectivity index (χ4v) is 8.40. The molecule has 10 aromatic rings. The number of hydrogen-bond donors (Lipinski definition) is 0. The molecule has 0 aliphatic rings. The van der Waals surface area contributed by atoms with Gasteiger partial charge in [0.15, 0.2) is 0 Å². The second kappa shape index (κ2) is 10.3. The molecule has 2 nitrogen and oxygen atoms in total. The van der Waals surface area contributed by atoms with E-state index in [-0.39, 0.29) is 0 Å². The molecule has 0 saturated carbocycles. The van der Waals surface area contributed by atoms with Crippen LogP contribution in [-0.2, 0) is 0 Å². The predicted molar refractivity (Wildman–Crippen MR) is 202 cm³/mol. The lowest BCUT2D eigenvalue weighted by atomic mass is 9.98. The van der Waals surface area contributed by atoms with Crippen LogP contribution in [0.2, 0.25) is 0 Å². The molecule has 0 radical (unpaired) electrons.